The summed E-state index contributed by atoms with van der Waals surface area (Å²) >= 11 is 6.39. The minimum atomic E-state index is -0.652. The van der Waals surface area contributed by atoms with Crippen molar-refractivity contribution in [3.8, 4) is 0 Å². The van der Waals surface area contributed by atoms with Crippen molar-refractivity contribution in [2.75, 3.05) is 32.7 Å². The highest BCUT2D eigenvalue weighted by Gasteiger charge is 2.44. The second kappa shape index (κ2) is 8.75. The van der Waals surface area contributed by atoms with Crippen LogP contribution in [0.5, 0.6) is 0 Å². The van der Waals surface area contributed by atoms with Crippen molar-refractivity contribution < 1.29 is 14.4 Å². The molecule has 1 aromatic rings. The number of nitrogens with one attached hydrogen (secondary N) is 1. The van der Waals surface area contributed by atoms with E-state index in [1.54, 1.807) is 24.3 Å². The van der Waals surface area contributed by atoms with Gasteiger partial charge in [-0.25, -0.2) is 4.79 Å². The van der Waals surface area contributed by atoms with E-state index < -0.39 is 6.04 Å². The first kappa shape index (κ1) is 21.4. The molecule has 1 aromatic carbocycles. The second-order valence-electron chi connectivity index (χ2n) is 8.39. The lowest BCUT2D eigenvalue weighted by Crippen LogP contribution is -2.47. The van der Waals surface area contributed by atoms with Gasteiger partial charge in [0.05, 0.1) is 23.9 Å². The number of carbonyl (C=O) groups is 3. The Balaban J connectivity index is 1.60. The lowest BCUT2D eigenvalue weighted by atomic mass is 9.95. The maximum atomic E-state index is 13.4. The first-order valence-electron chi connectivity index (χ1n) is 10.6. The zero-order valence-corrected chi connectivity index (χ0v) is 18.4. The van der Waals surface area contributed by atoms with Crippen LogP contribution >= 0.6 is 11.6 Å². The molecule has 0 aliphatic carbocycles. The van der Waals surface area contributed by atoms with E-state index in [-0.39, 0.29) is 37.5 Å². The van der Waals surface area contributed by atoms with Crippen molar-refractivity contribution in [2.24, 2.45) is 5.92 Å². The molecule has 1 unspecified atom stereocenters. The zero-order valence-electron chi connectivity index (χ0n) is 17.6. The highest BCUT2D eigenvalue weighted by molar-refractivity contribution is 6.31. The molecular formula is C23H27ClN4O3. The third kappa shape index (κ3) is 4.06. The normalized spacial score (nSPS) is 22.0. The Morgan fingerprint density at radius 2 is 1.97 bits per heavy atom. The number of benzene rings is 1. The van der Waals surface area contributed by atoms with Gasteiger partial charge in [0.15, 0.2) is 0 Å². The van der Waals surface area contributed by atoms with Gasteiger partial charge < -0.3 is 15.1 Å². The Hall–Kier alpha value is -2.80. The smallest absolute Gasteiger partial charge is 0.322 e. The van der Waals surface area contributed by atoms with E-state index in [0.29, 0.717) is 27.8 Å². The first-order chi connectivity index (χ1) is 14.9. The highest BCUT2D eigenvalue weighted by Crippen LogP contribution is 2.38. The van der Waals surface area contributed by atoms with E-state index in [0.717, 1.165) is 25.9 Å². The molecule has 7 nitrogen and oxygen atoms in total. The molecule has 1 atom stereocenters. The van der Waals surface area contributed by atoms with E-state index in [2.05, 4.69) is 18.8 Å². The molecule has 3 aliphatic heterocycles. The zero-order chi connectivity index (χ0) is 22.1. The average molecular weight is 443 g/mol. The first-order valence-corrected chi connectivity index (χ1v) is 11.0. The topological polar surface area (TPSA) is 73.0 Å². The summed E-state index contributed by atoms with van der Waals surface area (Å²) in [6, 6.07) is 6.20. The van der Waals surface area contributed by atoms with Crippen LogP contribution in [0.1, 0.15) is 31.4 Å². The number of likely N-dealkylation sites (tertiary alicyclic amines) is 1. The van der Waals surface area contributed by atoms with Crippen LogP contribution in [0.3, 0.4) is 0 Å². The number of hydrogen-bond donors (Lipinski definition) is 1. The van der Waals surface area contributed by atoms with Crippen molar-refractivity contribution in [1.29, 1.82) is 0 Å². The molecule has 0 radical (unpaired) electrons. The number of hydrogen-bond acceptors (Lipinski definition) is 3. The van der Waals surface area contributed by atoms with Crippen molar-refractivity contribution in [1.82, 2.24) is 20.0 Å². The van der Waals surface area contributed by atoms with Crippen LogP contribution in [-0.2, 0) is 9.59 Å². The molecular weight excluding hydrogens is 416 g/mol. The van der Waals surface area contributed by atoms with Gasteiger partial charge in [0, 0.05) is 24.7 Å². The average Bonchev–Trinajstić information content (AvgIpc) is 3.07. The molecule has 164 valence electrons. The summed E-state index contributed by atoms with van der Waals surface area (Å²) in [5.41, 5.74) is 1.74. The van der Waals surface area contributed by atoms with Crippen molar-refractivity contribution >= 4 is 29.4 Å². The van der Waals surface area contributed by atoms with Gasteiger partial charge in [-0.3, -0.25) is 14.5 Å². The van der Waals surface area contributed by atoms with E-state index in [1.807, 2.05) is 11.0 Å². The number of carbonyl (C=O) groups excluding carboxylic acids is 3. The van der Waals surface area contributed by atoms with Gasteiger partial charge in [-0.15, -0.1) is 6.58 Å². The van der Waals surface area contributed by atoms with E-state index >= 15 is 0 Å². The second-order valence-corrected chi connectivity index (χ2v) is 8.80. The van der Waals surface area contributed by atoms with Gasteiger partial charge in [0.25, 0.3) is 5.91 Å². The fraction of sp³-hybridized carbons (Fsp3) is 0.435. The van der Waals surface area contributed by atoms with Crippen LogP contribution in [0, 0.1) is 5.92 Å². The van der Waals surface area contributed by atoms with Crippen LogP contribution in [0.2, 0.25) is 5.02 Å². The molecule has 0 saturated carbocycles. The molecule has 1 saturated heterocycles. The quantitative estimate of drug-likeness (QED) is 0.712. The molecule has 3 aliphatic rings. The Bertz CT molecular complexity index is 952. The molecule has 8 heteroatoms. The van der Waals surface area contributed by atoms with Crippen LogP contribution in [0.15, 0.2) is 48.2 Å². The fourth-order valence-electron chi connectivity index (χ4n) is 4.46. The minimum absolute atomic E-state index is 0.00553. The highest BCUT2D eigenvalue weighted by atomic mass is 35.5. The van der Waals surface area contributed by atoms with Gasteiger partial charge >= 0.3 is 6.03 Å². The third-order valence-corrected chi connectivity index (χ3v) is 6.63. The van der Waals surface area contributed by atoms with Crippen molar-refractivity contribution in [2.45, 2.75) is 25.8 Å². The molecule has 31 heavy (non-hydrogen) atoms. The van der Waals surface area contributed by atoms with Crippen LogP contribution in [-0.4, -0.2) is 65.3 Å². The monoisotopic (exact) mass is 442 g/mol. The number of amides is 4. The van der Waals surface area contributed by atoms with Crippen LogP contribution < -0.4 is 5.32 Å². The Labute approximate surface area is 187 Å². The van der Waals surface area contributed by atoms with Crippen molar-refractivity contribution in [3.63, 3.8) is 0 Å². The van der Waals surface area contributed by atoms with Crippen molar-refractivity contribution in [3.05, 3.63) is 58.8 Å². The SMILES string of the molecule is C=CCN1C(=O)NC(c2ccccc2Cl)C2=C1CN(CC(=O)N1CCC(C)CC1)C2=O. The molecule has 4 amide bonds. The predicted octanol–water partition coefficient (Wildman–Crippen LogP) is 2.95. The van der Waals surface area contributed by atoms with Gasteiger partial charge in [-0.05, 0) is 30.4 Å². The minimum Gasteiger partial charge on any atom is -0.341 e. The van der Waals surface area contributed by atoms with E-state index in [1.165, 1.54) is 9.80 Å². The number of urea groups is 1. The Morgan fingerprint density at radius 3 is 2.65 bits per heavy atom. The fourth-order valence-corrected chi connectivity index (χ4v) is 4.71. The Morgan fingerprint density at radius 1 is 1.26 bits per heavy atom. The molecule has 3 heterocycles. The Kier molecular flexibility index (Phi) is 6.05. The molecule has 0 bridgehead atoms. The summed E-state index contributed by atoms with van der Waals surface area (Å²) in [5.74, 6) is 0.323. The summed E-state index contributed by atoms with van der Waals surface area (Å²) in [5, 5.41) is 3.38. The van der Waals surface area contributed by atoms with Crippen LogP contribution in [0.4, 0.5) is 4.79 Å². The summed E-state index contributed by atoms with van der Waals surface area (Å²) in [4.78, 5) is 44.0. The largest absolute Gasteiger partial charge is 0.341 e. The number of nitrogens with zero attached hydrogens (tertiary/aromatic N) is 3. The van der Waals surface area contributed by atoms with E-state index in [4.69, 9.17) is 11.6 Å². The lowest BCUT2D eigenvalue weighted by Gasteiger charge is -2.33. The summed E-state index contributed by atoms with van der Waals surface area (Å²) < 4.78 is 0. The van der Waals surface area contributed by atoms with Crippen LogP contribution in [0.25, 0.3) is 0 Å². The summed E-state index contributed by atoms with van der Waals surface area (Å²) in [6.07, 6.45) is 3.58. The number of piperidine rings is 1. The lowest BCUT2D eigenvalue weighted by molar-refractivity contribution is -0.138. The van der Waals surface area contributed by atoms with E-state index in [9.17, 15) is 14.4 Å². The number of halogens is 1. The molecule has 4 rings (SSSR count). The molecule has 0 spiro atoms. The number of rotatable bonds is 5. The van der Waals surface area contributed by atoms with Gasteiger partial charge in [0.1, 0.15) is 6.54 Å². The summed E-state index contributed by atoms with van der Waals surface area (Å²) in [7, 11) is 0. The predicted molar refractivity (Wildman–Crippen MR) is 118 cm³/mol. The third-order valence-electron chi connectivity index (χ3n) is 6.29. The van der Waals surface area contributed by atoms with Gasteiger partial charge in [-0.2, -0.15) is 0 Å². The summed E-state index contributed by atoms with van der Waals surface area (Å²) in [6.45, 7) is 7.86. The standard InChI is InChI=1S/C23H27ClN4O3/c1-3-10-28-18-13-27(14-19(29)26-11-8-15(2)9-12-26)22(30)20(18)21(25-23(28)31)16-6-4-5-7-17(16)24/h3-7,15,21H,1,8-14H2,2H3,(H,25,31). The maximum absolute atomic E-state index is 13.4. The molecule has 0 aromatic heterocycles. The van der Waals surface area contributed by atoms with Gasteiger partial charge in [-0.1, -0.05) is 42.8 Å². The molecule has 1 fully saturated rings. The molecule has 1 N–H and O–H groups in total. The van der Waals surface area contributed by atoms with Gasteiger partial charge in [0.2, 0.25) is 5.91 Å². The maximum Gasteiger partial charge on any atom is 0.322 e.